The van der Waals surface area contributed by atoms with Crippen molar-refractivity contribution in [1.82, 2.24) is 20.4 Å². The number of ether oxygens (including phenoxy) is 1. The van der Waals surface area contributed by atoms with Gasteiger partial charge in [-0.1, -0.05) is 23.5 Å². The van der Waals surface area contributed by atoms with Gasteiger partial charge in [-0.3, -0.25) is 0 Å². The fourth-order valence-corrected chi connectivity index (χ4v) is 4.72. The van der Waals surface area contributed by atoms with Gasteiger partial charge in [-0.25, -0.2) is 0 Å². The summed E-state index contributed by atoms with van der Waals surface area (Å²) < 4.78 is 45.3. The minimum absolute atomic E-state index is 0.110. The second-order valence-electron chi connectivity index (χ2n) is 8.22. The van der Waals surface area contributed by atoms with E-state index in [-0.39, 0.29) is 11.9 Å². The Balaban J connectivity index is 1.18. The average molecular weight is 462 g/mol. The zero-order valence-corrected chi connectivity index (χ0v) is 18.1. The molecular weight excluding hydrogens is 439 g/mol. The van der Waals surface area contributed by atoms with Gasteiger partial charge in [0.15, 0.2) is 10.8 Å². The van der Waals surface area contributed by atoms with Gasteiger partial charge in [-0.05, 0) is 43.0 Å². The maximum Gasteiger partial charge on any atom is 0.419 e. The zero-order chi connectivity index (χ0) is 22.1. The summed E-state index contributed by atoms with van der Waals surface area (Å²) in [5.41, 5.74) is -0.0314. The van der Waals surface area contributed by atoms with Crippen LogP contribution in [0, 0.1) is 5.92 Å². The highest BCUT2D eigenvalue weighted by Gasteiger charge is 2.35. The monoisotopic (exact) mass is 461 g/mol. The van der Waals surface area contributed by atoms with Crippen LogP contribution in [0.1, 0.15) is 36.3 Å². The number of hydrogen-bond acceptors (Lipinski definition) is 7. The third kappa shape index (κ3) is 4.85. The van der Waals surface area contributed by atoms with Crippen molar-refractivity contribution in [3.63, 3.8) is 0 Å². The van der Waals surface area contributed by atoms with Crippen LogP contribution in [0.15, 0.2) is 36.4 Å². The highest BCUT2D eigenvalue weighted by atomic mass is 32.1. The van der Waals surface area contributed by atoms with Crippen LogP contribution in [0.2, 0.25) is 0 Å². The normalized spacial score (nSPS) is 17.5. The first kappa shape index (κ1) is 21.1. The van der Waals surface area contributed by atoms with Gasteiger partial charge in [0, 0.05) is 32.4 Å². The van der Waals surface area contributed by atoms with Crippen LogP contribution in [-0.4, -0.2) is 39.6 Å². The Morgan fingerprint density at radius 3 is 2.41 bits per heavy atom. The predicted octanol–water partition coefficient (Wildman–Crippen LogP) is 5.01. The molecule has 3 aromatic rings. The Hall–Kier alpha value is -2.75. The maximum atomic E-state index is 13.2. The van der Waals surface area contributed by atoms with E-state index in [4.69, 9.17) is 4.74 Å². The summed E-state index contributed by atoms with van der Waals surface area (Å²) in [4.78, 5) is 2.07. The number of anilines is 1. The number of piperidine rings is 1. The first-order valence-corrected chi connectivity index (χ1v) is 11.5. The van der Waals surface area contributed by atoms with Gasteiger partial charge in [-0.15, -0.1) is 20.4 Å². The van der Waals surface area contributed by atoms with E-state index in [2.05, 4.69) is 25.3 Å². The molecule has 5 rings (SSSR count). The molecule has 0 unspecified atom stereocenters. The second kappa shape index (κ2) is 8.65. The molecule has 0 bridgehead atoms. The van der Waals surface area contributed by atoms with E-state index < -0.39 is 11.7 Å². The molecule has 1 aliphatic heterocycles. The number of halogens is 3. The molecule has 1 aromatic carbocycles. The molecule has 0 atom stereocenters. The number of nitrogens with zero attached hydrogens (tertiary/aromatic N) is 5. The van der Waals surface area contributed by atoms with Crippen LogP contribution in [-0.2, 0) is 12.6 Å². The van der Waals surface area contributed by atoms with E-state index in [0.29, 0.717) is 31.6 Å². The first-order chi connectivity index (χ1) is 15.5. The van der Waals surface area contributed by atoms with Gasteiger partial charge in [0.25, 0.3) is 0 Å². The molecule has 32 heavy (non-hydrogen) atoms. The van der Waals surface area contributed by atoms with Gasteiger partial charge < -0.3 is 9.64 Å². The molecule has 10 heteroatoms. The molecule has 2 aromatic heterocycles. The van der Waals surface area contributed by atoms with E-state index in [1.165, 1.54) is 25.0 Å². The molecule has 0 amide bonds. The van der Waals surface area contributed by atoms with E-state index in [1.807, 2.05) is 12.1 Å². The highest BCUT2D eigenvalue weighted by Crippen LogP contribution is 2.37. The van der Waals surface area contributed by atoms with Crippen molar-refractivity contribution >= 4 is 17.2 Å². The third-order valence-electron chi connectivity index (χ3n) is 5.75. The predicted molar refractivity (Wildman–Crippen MR) is 115 cm³/mol. The SMILES string of the molecule is FC(F)(F)c1ccccc1OC1CCN(c2ccc(-c3nnc(CC4CC4)s3)nn2)CC1. The van der Waals surface area contributed by atoms with E-state index >= 15 is 0 Å². The number of para-hydroxylation sites is 1. The maximum absolute atomic E-state index is 13.2. The van der Waals surface area contributed by atoms with E-state index in [1.54, 1.807) is 17.4 Å². The minimum Gasteiger partial charge on any atom is -0.490 e. The van der Waals surface area contributed by atoms with Crippen molar-refractivity contribution < 1.29 is 17.9 Å². The Bertz CT molecular complexity index is 1060. The van der Waals surface area contributed by atoms with Crippen LogP contribution < -0.4 is 9.64 Å². The van der Waals surface area contributed by atoms with Crippen molar-refractivity contribution in [2.24, 2.45) is 5.92 Å². The van der Waals surface area contributed by atoms with Crippen molar-refractivity contribution in [1.29, 1.82) is 0 Å². The van der Waals surface area contributed by atoms with Crippen molar-refractivity contribution in [2.75, 3.05) is 18.0 Å². The Morgan fingerprint density at radius 1 is 0.938 bits per heavy atom. The van der Waals surface area contributed by atoms with E-state index in [9.17, 15) is 13.2 Å². The summed E-state index contributed by atoms with van der Waals surface area (Å²) in [6.07, 6.45) is 0.0641. The molecule has 6 nitrogen and oxygen atoms in total. The second-order valence-corrected chi connectivity index (χ2v) is 9.29. The number of rotatable bonds is 6. The van der Waals surface area contributed by atoms with Crippen LogP contribution in [0.4, 0.5) is 19.0 Å². The smallest absolute Gasteiger partial charge is 0.419 e. The molecule has 3 heterocycles. The lowest BCUT2D eigenvalue weighted by Crippen LogP contribution is -2.39. The highest BCUT2D eigenvalue weighted by molar-refractivity contribution is 7.14. The Labute approximate surface area is 187 Å². The van der Waals surface area contributed by atoms with Gasteiger partial charge in [0.05, 0.1) is 5.56 Å². The Morgan fingerprint density at radius 2 is 1.72 bits per heavy atom. The van der Waals surface area contributed by atoms with Crippen LogP contribution >= 0.6 is 11.3 Å². The Kier molecular flexibility index (Phi) is 5.71. The first-order valence-electron chi connectivity index (χ1n) is 10.7. The lowest BCUT2D eigenvalue weighted by Gasteiger charge is -2.33. The number of hydrogen-bond donors (Lipinski definition) is 0. The molecule has 0 spiro atoms. The summed E-state index contributed by atoms with van der Waals surface area (Å²) >= 11 is 1.56. The van der Waals surface area contributed by atoms with Crippen molar-refractivity contribution in [3.8, 4) is 16.5 Å². The molecule has 2 aliphatic rings. The summed E-state index contributed by atoms with van der Waals surface area (Å²) in [5.74, 6) is 1.39. The zero-order valence-electron chi connectivity index (χ0n) is 17.3. The lowest BCUT2D eigenvalue weighted by atomic mass is 10.1. The summed E-state index contributed by atoms with van der Waals surface area (Å²) in [5, 5.41) is 19.0. The molecule has 2 fully saturated rings. The molecule has 168 valence electrons. The van der Waals surface area contributed by atoms with Gasteiger partial charge in [-0.2, -0.15) is 13.2 Å². The van der Waals surface area contributed by atoms with E-state index in [0.717, 1.165) is 34.2 Å². The molecule has 0 radical (unpaired) electrons. The fraction of sp³-hybridized carbons (Fsp3) is 0.455. The standard InChI is InChI=1S/C22H22F3N5OS/c23-22(24,25)16-3-1-2-4-18(16)31-15-9-11-30(12-10-15)19-8-7-17(26-27-19)21-29-28-20(32-21)13-14-5-6-14/h1-4,7-8,14-15H,5-6,9-13H2. The molecule has 1 aliphatic carbocycles. The number of aromatic nitrogens is 4. The van der Waals surface area contributed by atoms with Crippen molar-refractivity contribution in [2.45, 2.75) is 44.4 Å². The molecule has 1 saturated heterocycles. The summed E-state index contributed by atoms with van der Waals surface area (Å²) in [7, 11) is 0. The number of benzene rings is 1. The topological polar surface area (TPSA) is 64.0 Å². The summed E-state index contributed by atoms with van der Waals surface area (Å²) in [6.45, 7) is 1.27. The number of alkyl halides is 3. The third-order valence-corrected chi connectivity index (χ3v) is 6.72. The van der Waals surface area contributed by atoms with Gasteiger partial charge in [0.2, 0.25) is 0 Å². The largest absolute Gasteiger partial charge is 0.490 e. The van der Waals surface area contributed by atoms with Crippen LogP contribution in [0.3, 0.4) is 0 Å². The van der Waals surface area contributed by atoms with Crippen molar-refractivity contribution in [3.05, 3.63) is 47.0 Å². The fourth-order valence-electron chi connectivity index (χ4n) is 3.80. The van der Waals surface area contributed by atoms with Gasteiger partial charge in [0.1, 0.15) is 22.6 Å². The quantitative estimate of drug-likeness (QED) is 0.514. The minimum atomic E-state index is -4.43. The van der Waals surface area contributed by atoms with Crippen LogP contribution in [0.25, 0.3) is 10.7 Å². The summed E-state index contributed by atoms with van der Waals surface area (Å²) in [6, 6.07) is 9.16. The lowest BCUT2D eigenvalue weighted by molar-refractivity contribution is -0.139. The molecule has 0 N–H and O–H groups in total. The van der Waals surface area contributed by atoms with Crippen LogP contribution in [0.5, 0.6) is 5.75 Å². The average Bonchev–Trinajstić information content (AvgIpc) is 3.48. The van der Waals surface area contributed by atoms with Gasteiger partial charge >= 0.3 is 6.18 Å². The molecule has 1 saturated carbocycles. The molecular formula is C22H22F3N5OS.